The summed E-state index contributed by atoms with van der Waals surface area (Å²) in [5.74, 6) is 1.76. The van der Waals surface area contributed by atoms with Gasteiger partial charge in [-0.05, 0) is 43.3 Å². The topological polar surface area (TPSA) is 61.4 Å². The minimum absolute atomic E-state index is 0.0985. The number of aromatic nitrogens is 2. The van der Waals surface area contributed by atoms with E-state index in [-0.39, 0.29) is 5.91 Å². The fourth-order valence-electron chi connectivity index (χ4n) is 3.16. The number of thiophene rings is 1. The van der Waals surface area contributed by atoms with Crippen molar-refractivity contribution in [2.45, 2.75) is 12.8 Å². The lowest BCUT2D eigenvalue weighted by molar-refractivity contribution is -0.122. The molecule has 23 heavy (non-hydrogen) atoms. The van der Waals surface area contributed by atoms with Crippen LogP contribution in [0.15, 0.2) is 17.8 Å². The Labute approximate surface area is 140 Å². The second-order valence-corrected chi connectivity index (χ2v) is 7.00. The maximum Gasteiger partial charge on any atom is 0.233 e. The molecule has 1 amide bonds. The van der Waals surface area contributed by atoms with Crippen molar-refractivity contribution in [1.29, 1.82) is 0 Å². The van der Waals surface area contributed by atoms with Gasteiger partial charge in [0.05, 0.1) is 11.9 Å². The van der Waals surface area contributed by atoms with E-state index in [9.17, 15) is 4.79 Å². The number of hydrogen-bond donors (Lipinski definition) is 1. The van der Waals surface area contributed by atoms with E-state index in [0.29, 0.717) is 12.5 Å². The third-order valence-corrected chi connectivity index (χ3v) is 5.31. The maximum atomic E-state index is 11.4. The van der Waals surface area contributed by atoms with Gasteiger partial charge in [-0.2, -0.15) is 0 Å². The van der Waals surface area contributed by atoms with E-state index in [1.54, 1.807) is 24.7 Å². The Hall–Kier alpha value is -1.73. The van der Waals surface area contributed by atoms with Gasteiger partial charge in [-0.15, -0.1) is 11.3 Å². The molecular weight excluding hydrogens is 310 g/mol. The van der Waals surface area contributed by atoms with Crippen molar-refractivity contribution >= 4 is 33.3 Å². The normalized spacial score (nSPS) is 16.6. The summed E-state index contributed by atoms with van der Waals surface area (Å²) in [5, 5.41) is 5.89. The first-order valence-electron chi connectivity index (χ1n) is 7.99. The Kier molecular flexibility index (Phi) is 5.07. The molecule has 124 valence electrons. The molecule has 0 aromatic carbocycles. The van der Waals surface area contributed by atoms with E-state index in [1.807, 2.05) is 0 Å². The highest BCUT2D eigenvalue weighted by atomic mass is 32.1. The van der Waals surface area contributed by atoms with E-state index < -0.39 is 0 Å². The Bertz CT molecular complexity index is 665. The number of fused-ring (bicyclic) bond motifs is 1. The van der Waals surface area contributed by atoms with Gasteiger partial charge in [-0.3, -0.25) is 9.69 Å². The zero-order valence-electron chi connectivity index (χ0n) is 13.7. The average molecular weight is 333 g/mol. The quantitative estimate of drug-likeness (QED) is 0.900. The van der Waals surface area contributed by atoms with Crippen molar-refractivity contribution in [3.05, 3.63) is 17.8 Å². The number of hydrogen-bond acceptors (Lipinski definition) is 6. The Morgan fingerprint density at radius 2 is 2.22 bits per heavy atom. The van der Waals surface area contributed by atoms with Crippen LogP contribution in [0, 0.1) is 5.92 Å². The van der Waals surface area contributed by atoms with Crippen LogP contribution in [0.5, 0.6) is 0 Å². The van der Waals surface area contributed by atoms with Crippen molar-refractivity contribution in [2.24, 2.45) is 5.92 Å². The number of carbonyl (C=O) groups excluding carboxylic acids is 1. The molecule has 0 radical (unpaired) electrons. The van der Waals surface area contributed by atoms with Gasteiger partial charge in [0.1, 0.15) is 17.0 Å². The molecule has 0 atom stereocenters. The molecule has 3 heterocycles. The summed E-state index contributed by atoms with van der Waals surface area (Å²) in [5.41, 5.74) is 0. The van der Waals surface area contributed by atoms with Gasteiger partial charge in [0.15, 0.2) is 0 Å². The molecule has 2 aromatic rings. The monoisotopic (exact) mass is 333 g/mol. The molecule has 0 saturated carbocycles. The molecule has 0 aliphatic carbocycles. The number of nitrogens with zero attached hydrogens (tertiary/aromatic N) is 4. The summed E-state index contributed by atoms with van der Waals surface area (Å²) in [7, 11) is 3.80. The molecule has 0 unspecified atom stereocenters. The van der Waals surface area contributed by atoms with Gasteiger partial charge in [-0.1, -0.05) is 0 Å². The standard InChI is InChI=1S/C16H23N5OS/c1-17-14(22)10-21-6-3-12(4-7-21)9-20(2)15-13-5-8-23-16(13)19-11-18-15/h5,8,11-12H,3-4,6-7,9-10H2,1-2H3,(H,17,22). The Morgan fingerprint density at radius 3 is 2.96 bits per heavy atom. The van der Waals surface area contributed by atoms with Gasteiger partial charge in [-0.25, -0.2) is 9.97 Å². The molecule has 1 aliphatic heterocycles. The first-order chi connectivity index (χ1) is 11.2. The van der Waals surface area contributed by atoms with Crippen molar-refractivity contribution in [3.63, 3.8) is 0 Å². The van der Waals surface area contributed by atoms with E-state index >= 15 is 0 Å². The van der Waals surface area contributed by atoms with Gasteiger partial charge >= 0.3 is 0 Å². The van der Waals surface area contributed by atoms with Crippen molar-refractivity contribution < 1.29 is 4.79 Å². The van der Waals surface area contributed by atoms with Gasteiger partial charge in [0, 0.05) is 20.6 Å². The van der Waals surface area contributed by atoms with E-state index in [4.69, 9.17) is 0 Å². The second kappa shape index (κ2) is 7.23. The van der Waals surface area contributed by atoms with Crippen LogP contribution in [0.1, 0.15) is 12.8 Å². The minimum atomic E-state index is 0.0985. The molecule has 1 saturated heterocycles. The molecule has 3 rings (SSSR count). The molecule has 1 N–H and O–H groups in total. The van der Waals surface area contributed by atoms with Crippen LogP contribution < -0.4 is 10.2 Å². The van der Waals surface area contributed by atoms with Crippen LogP contribution in [0.3, 0.4) is 0 Å². The highest BCUT2D eigenvalue weighted by Gasteiger charge is 2.22. The number of likely N-dealkylation sites (N-methyl/N-ethyl adjacent to an activating group) is 1. The van der Waals surface area contributed by atoms with Crippen LogP contribution in [0.25, 0.3) is 10.2 Å². The first kappa shape index (κ1) is 16.1. The molecule has 6 nitrogen and oxygen atoms in total. The molecule has 1 fully saturated rings. The molecule has 0 bridgehead atoms. The van der Waals surface area contributed by atoms with Gasteiger partial charge < -0.3 is 10.2 Å². The number of anilines is 1. The van der Waals surface area contributed by atoms with Crippen LogP contribution in [-0.2, 0) is 4.79 Å². The number of carbonyl (C=O) groups is 1. The summed E-state index contributed by atoms with van der Waals surface area (Å²) in [6.45, 7) is 3.49. The van der Waals surface area contributed by atoms with Gasteiger partial charge in [0.25, 0.3) is 0 Å². The zero-order valence-corrected chi connectivity index (χ0v) is 14.5. The third kappa shape index (κ3) is 3.79. The SMILES string of the molecule is CNC(=O)CN1CCC(CN(C)c2ncnc3sccc23)CC1. The molecule has 1 aliphatic rings. The molecule has 7 heteroatoms. The fraction of sp³-hybridized carbons (Fsp3) is 0.562. The second-order valence-electron chi connectivity index (χ2n) is 6.11. The highest BCUT2D eigenvalue weighted by Crippen LogP contribution is 2.27. The molecule has 0 spiro atoms. The Morgan fingerprint density at radius 1 is 1.43 bits per heavy atom. The number of piperidine rings is 1. The highest BCUT2D eigenvalue weighted by molar-refractivity contribution is 7.16. The van der Waals surface area contributed by atoms with Gasteiger partial charge in [0.2, 0.25) is 5.91 Å². The summed E-state index contributed by atoms with van der Waals surface area (Å²) in [6.07, 6.45) is 3.90. The number of nitrogens with one attached hydrogen (secondary N) is 1. The Balaban J connectivity index is 1.56. The predicted molar refractivity (Wildman–Crippen MR) is 93.9 cm³/mol. The van der Waals surface area contributed by atoms with Crippen molar-refractivity contribution in [1.82, 2.24) is 20.2 Å². The van der Waals surface area contributed by atoms with E-state index in [0.717, 1.165) is 48.5 Å². The lowest BCUT2D eigenvalue weighted by Gasteiger charge is -2.33. The number of likely N-dealkylation sites (tertiary alicyclic amines) is 1. The lowest BCUT2D eigenvalue weighted by Crippen LogP contribution is -2.42. The van der Waals surface area contributed by atoms with Crippen LogP contribution >= 0.6 is 11.3 Å². The molecular formula is C16H23N5OS. The third-order valence-electron chi connectivity index (χ3n) is 4.49. The largest absolute Gasteiger partial charge is 0.359 e. The van der Waals surface area contributed by atoms with E-state index in [2.05, 4.69) is 43.6 Å². The number of rotatable bonds is 5. The fourth-order valence-corrected chi connectivity index (χ4v) is 3.89. The van der Waals surface area contributed by atoms with Crippen molar-refractivity contribution in [3.8, 4) is 0 Å². The van der Waals surface area contributed by atoms with Crippen LogP contribution in [-0.4, -0.2) is 61.0 Å². The minimum Gasteiger partial charge on any atom is -0.359 e. The van der Waals surface area contributed by atoms with E-state index in [1.165, 1.54) is 0 Å². The van der Waals surface area contributed by atoms with Crippen LogP contribution in [0.4, 0.5) is 5.82 Å². The number of amides is 1. The molecule has 2 aromatic heterocycles. The first-order valence-corrected chi connectivity index (χ1v) is 8.87. The smallest absolute Gasteiger partial charge is 0.233 e. The maximum absolute atomic E-state index is 11.4. The average Bonchev–Trinajstić information content (AvgIpc) is 3.05. The predicted octanol–water partition coefficient (Wildman–Crippen LogP) is 1.59. The summed E-state index contributed by atoms with van der Waals surface area (Å²) < 4.78 is 0. The van der Waals surface area contributed by atoms with Crippen molar-refractivity contribution in [2.75, 3.05) is 45.2 Å². The summed E-state index contributed by atoms with van der Waals surface area (Å²) in [4.78, 5) is 25.8. The lowest BCUT2D eigenvalue weighted by atomic mass is 9.96. The zero-order chi connectivity index (χ0) is 16.2. The van der Waals surface area contributed by atoms with Crippen LogP contribution in [0.2, 0.25) is 0 Å². The summed E-state index contributed by atoms with van der Waals surface area (Å²) in [6, 6.07) is 2.10. The summed E-state index contributed by atoms with van der Waals surface area (Å²) >= 11 is 1.65.